The van der Waals surface area contributed by atoms with Gasteiger partial charge in [0, 0.05) is 12.7 Å². The lowest BCUT2D eigenvalue weighted by Gasteiger charge is -2.36. The molecule has 1 aromatic heterocycles. The zero-order valence-electron chi connectivity index (χ0n) is 12.3. The van der Waals surface area contributed by atoms with Gasteiger partial charge in [-0.05, 0) is 51.7 Å². The Balaban J connectivity index is 2.18. The molecule has 0 radical (unpaired) electrons. The van der Waals surface area contributed by atoms with E-state index >= 15 is 0 Å². The predicted octanol–water partition coefficient (Wildman–Crippen LogP) is 4.21. The second-order valence-corrected chi connectivity index (χ2v) is 6.61. The maximum atomic E-state index is 12.3. The molecule has 1 fully saturated rings. The number of H-pyrrole nitrogens is 1. The molecule has 2 heterocycles. The van der Waals surface area contributed by atoms with Gasteiger partial charge in [-0.3, -0.25) is 0 Å². The standard InChI is InChI=1S/C15H22N2O2S/c1-15(2,3)19-14(18)17-9-5-4-6-12(17)11-7-8-13(20)16-10-11/h7-8,10,12H,4-6,9H2,1-3H3,(H,16,20)/t12-/m0/s1. The van der Waals surface area contributed by atoms with E-state index in [2.05, 4.69) is 4.98 Å². The number of hydrogen-bond acceptors (Lipinski definition) is 3. The first-order valence-electron chi connectivity index (χ1n) is 7.05. The normalized spacial score (nSPS) is 19.8. The fourth-order valence-electron chi connectivity index (χ4n) is 2.45. The van der Waals surface area contributed by atoms with Crippen LogP contribution < -0.4 is 0 Å². The van der Waals surface area contributed by atoms with Crippen molar-refractivity contribution in [2.24, 2.45) is 0 Å². The largest absolute Gasteiger partial charge is 0.444 e. The van der Waals surface area contributed by atoms with Crippen LogP contribution in [-0.2, 0) is 4.74 Å². The van der Waals surface area contributed by atoms with Gasteiger partial charge in [-0.25, -0.2) is 4.79 Å². The highest BCUT2D eigenvalue weighted by Gasteiger charge is 2.31. The Morgan fingerprint density at radius 1 is 1.40 bits per heavy atom. The van der Waals surface area contributed by atoms with E-state index in [1.807, 2.05) is 44.0 Å². The van der Waals surface area contributed by atoms with Gasteiger partial charge in [-0.15, -0.1) is 0 Å². The van der Waals surface area contributed by atoms with Crippen LogP contribution in [0.2, 0.25) is 0 Å². The minimum Gasteiger partial charge on any atom is -0.444 e. The van der Waals surface area contributed by atoms with Gasteiger partial charge in [0.1, 0.15) is 10.2 Å². The first-order chi connectivity index (χ1) is 9.37. The van der Waals surface area contributed by atoms with Gasteiger partial charge in [0.25, 0.3) is 0 Å². The number of hydrogen-bond donors (Lipinski definition) is 1. The third-order valence-electron chi connectivity index (χ3n) is 3.32. The molecule has 2 rings (SSSR count). The first-order valence-corrected chi connectivity index (χ1v) is 7.46. The van der Waals surface area contributed by atoms with Crippen molar-refractivity contribution < 1.29 is 9.53 Å². The smallest absolute Gasteiger partial charge is 0.410 e. The number of likely N-dealkylation sites (tertiary alicyclic amines) is 1. The summed E-state index contributed by atoms with van der Waals surface area (Å²) in [6.07, 6.45) is 4.78. The first kappa shape index (κ1) is 15.0. The van der Waals surface area contributed by atoms with Crippen molar-refractivity contribution in [3.8, 4) is 0 Å². The van der Waals surface area contributed by atoms with Gasteiger partial charge in [-0.2, -0.15) is 0 Å². The van der Waals surface area contributed by atoms with E-state index in [4.69, 9.17) is 17.0 Å². The van der Waals surface area contributed by atoms with Crippen LogP contribution in [0.25, 0.3) is 0 Å². The SMILES string of the molecule is CC(C)(C)OC(=O)N1CCCC[C@H]1c1ccc(=S)[nH]c1. The summed E-state index contributed by atoms with van der Waals surface area (Å²) in [6.45, 7) is 6.42. The number of aromatic nitrogens is 1. The van der Waals surface area contributed by atoms with E-state index in [9.17, 15) is 4.79 Å². The van der Waals surface area contributed by atoms with Gasteiger partial charge in [-0.1, -0.05) is 18.3 Å². The molecule has 1 aliphatic rings. The molecule has 20 heavy (non-hydrogen) atoms. The molecule has 0 aromatic carbocycles. The number of carbonyl (C=O) groups is 1. The third-order valence-corrected chi connectivity index (χ3v) is 3.58. The van der Waals surface area contributed by atoms with Crippen molar-refractivity contribution in [1.82, 2.24) is 9.88 Å². The molecule has 1 aromatic rings. The van der Waals surface area contributed by atoms with Crippen LogP contribution in [0.3, 0.4) is 0 Å². The Labute approximate surface area is 125 Å². The van der Waals surface area contributed by atoms with Crippen molar-refractivity contribution in [3.63, 3.8) is 0 Å². The van der Waals surface area contributed by atoms with Crippen LogP contribution >= 0.6 is 12.2 Å². The molecule has 5 heteroatoms. The van der Waals surface area contributed by atoms with E-state index < -0.39 is 5.60 Å². The van der Waals surface area contributed by atoms with Crippen LogP contribution in [0.15, 0.2) is 18.3 Å². The molecule has 0 unspecified atom stereocenters. The minimum absolute atomic E-state index is 0.0745. The second kappa shape index (κ2) is 5.95. The number of aromatic amines is 1. The Kier molecular flexibility index (Phi) is 4.48. The maximum Gasteiger partial charge on any atom is 0.410 e. The number of amides is 1. The Morgan fingerprint density at radius 2 is 2.15 bits per heavy atom. The summed E-state index contributed by atoms with van der Waals surface area (Å²) in [5.41, 5.74) is 0.625. The lowest BCUT2D eigenvalue weighted by molar-refractivity contribution is 0.00948. The molecule has 1 amide bonds. The molecule has 1 aliphatic heterocycles. The molecule has 1 saturated heterocycles. The summed E-state index contributed by atoms with van der Waals surface area (Å²) in [4.78, 5) is 17.2. The molecule has 0 bridgehead atoms. The van der Waals surface area contributed by atoms with Crippen molar-refractivity contribution in [3.05, 3.63) is 28.5 Å². The minimum atomic E-state index is -0.463. The average Bonchev–Trinajstić information content (AvgIpc) is 2.38. The fourth-order valence-corrected chi connectivity index (χ4v) is 2.57. The Bertz CT molecular complexity index is 513. The highest BCUT2D eigenvalue weighted by molar-refractivity contribution is 7.71. The quantitative estimate of drug-likeness (QED) is 0.789. The highest BCUT2D eigenvalue weighted by Crippen LogP contribution is 2.31. The van der Waals surface area contributed by atoms with Gasteiger partial charge in [0.15, 0.2) is 0 Å². The van der Waals surface area contributed by atoms with Crippen molar-refractivity contribution in [1.29, 1.82) is 0 Å². The molecule has 0 aliphatic carbocycles. The number of ether oxygens (including phenoxy) is 1. The van der Waals surface area contributed by atoms with E-state index in [-0.39, 0.29) is 12.1 Å². The van der Waals surface area contributed by atoms with Gasteiger partial charge in [0.05, 0.1) is 6.04 Å². The number of pyridine rings is 1. The van der Waals surface area contributed by atoms with Crippen LogP contribution in [0, 0.1) is 4.64 Å². The van der Waals surface area contributed by atoms with Crippen molar-refractivity contribution in [2.45, 2.75) is 51.7 Å². The molecular weight excluding hydrogens is 272 g/mol. The summed E-state index contributed by atoms with van der Waals surface area (Å²) >= 11 is 5.06. The number of piperidine rings is 1. The average molecular weight is 294 g/mol. The number of nitrogens with one attached hydrogen (secondary N) is 1. The molecule has 1 N–H and O–H groups in total. The second-order valence-electron chi connectivity index (χ2n) is 6.17. The fraction of sp³-hybridized carbons (Fsp3) is 0.600. The summed E-state index contributed by atoms with van der Waals surface area (Å²) in [7, 11) is 0. The maximum absolute atomic E-state index is 12.3. The summed E-state index contributed by atoms with van der Waals surface area (Å²) in [5, 5.41) is 0. The zero-order chi connectivity index (χ0) is 14.8. The summed E-state index contributed by atoms with van der Waals surface area (Å²) in [5.74, 6) is 0. The number of carbonyl (C=O) groups excluding carboxylic acids is 1. The van der Waals surface area contributed by atoms with E-state index in [1.54, 1.807) is 0 Å². The molecule has 0 spiro atoms. The highest BCUT2D eigenvalue weighted by atomic mass is 32.1. The molecule has 4 nitrogen and oxygen atoms in total. The monoisotopic (exact) mass is 294 g/mol. The van der Waals surface area contributed by atoms with Crippen LogP contribution in [0.1, 0.15) is 51.6 Å². The summed E-state index contributed by atoms with van der Waals surface area (Å²) in [6, 6.07) is 3.93. The van der Waals surface area contributed by atoms with E-state index in [0.29, 0.717) is 4.64 Å². The molecular formula is C15H22N2O2S. The molecule has 110 valence electrons. The number of rotatable bonds is 1. The van der Waals surface area contributed by atoms with Crippen LogP contribution in [0.5, 0.6) is 0 Å². The van der Waals surface area contributed by atoms with E-state index in [0.717, 1.165) is 31.4 Å². The van der Waals surface area contributed by atoms with Gasteiger partial charge < -0.3 is 14.6 Å². The van der Waals surface area contributed by atoms with Crippen molar-refractivity contribution >= 4 is 18.3 Å². The van der Waals surface area contributed by atoms with Gasteiger partial charge >= 0.3 is 6.09 Å². The van der Waals surface area contributed by atoms with E-state index in [1.165, 1.54) is 0 Å². The Morgan fingerprint density at radius 3 is 2.75 bits per heavy atom. The van der Waals surface area contributed by atoms with Crippen LogP contribution in [0.4, 0.5) is 4.79 Å². The topological polar surface area (TPSA) is 45.3 Å². The Hall–Kier alpha value is -1.36. The molecule has 1 atom stereocenters. The zero-order valence-corrected chi connectivity index (χ0v) is 13.1. The number of nitrogens with zero attached hydrogens (tertiary/aromatic N) is 1. The predicted molar refractivity (Wildman–Crippen MR) is 81.2 cm³/mol. The van der Waals surface area contributed by atoms with Crippen molar-refractivity contribution in [2.75, 3.05) is 6.54 Å². The van der Waals surface area contributed by atoms with Gasteiger partial charge in [0.2, 0.25) is 0 Å². The lowest BCUT2D eigenvalue weighted by Crippen LogP contribution is -2.41. The van der Waals surface area contributed by atoms with Crippen LogP contribution in [-0.4, -0.2) is 28.1 Å². The lowest BCUT2D eigenvalue weighted by atomic mass is 9.97. The molecule has 0 saturated carbocycles. The summed E-state index contributed by atoms with van der Waals surface area (Å²) < 4.78 is 6.21. The third kappa shape index (κ3) is 3.82.